The topological polar surface area (TPSA) is 112 Å². The zero-order chi connectivity index (χ0) is 22.8. The predicted octanol–water partition coefficient (Wildman–Crippen LogP) is 1.41. The first-order chi connectivity index (χ1) is 15.3. The van der Waals surface area contributed by atoms with Gasteiger partial charge < -0.3 is 25.6 Å². The Bertz CT molecular complexity index is 1120. The van der Waals surface area contributed by atoms with Gasteiger partial charge >= 0.3 is 0 Å². The maximum atomic E-state index is 13.8. The molecule has 0 spiro atoms. The van der Waals surface area contributed by atoms with Crippen LogP contribution < -0.4 is 21.4 Å². The average Bonchev–Trinajstić information content (AvgIpc) is 2.82. The van der Waals surface area contributed by atoms with Gasteiger partial charge in [-0.15, -0.1) is 0 Å². The van der Waals surface area contributed by atoms with E-state index in [4.69, 9.17) is 0 Å². The highest BCUT2D eigenvalue weighted by Gasteiger charge is 2.31. The second-order valence-corrected chi connectivity index (χ2v) is 8.11. The number of amides is 2. The molecular formula is C22H24F2N4O4. The highest BCUT2D eigenvalue weighted by atomic mass is 19.1. The van der Waals surface area contributed by atoms with Crippen LogP contribution in [-0.4, -0.2) is 40.1 Å². The van der Waals surface area contributed by atoms with Crippen molar-refractivity contribution in [1.29, 1.82) is 0 Å². The Morgan fingerprint density at radius 3 is 2.69 bits per heavy atom. The third-order valence-electron chi connectivity index (χ3n) is 6.01. The normalized spacial score (nSPS) is 20.8. The number of hydrogen-bond donors (Lipinski definition) is 4. The van der Waals surface area contributed by atoms with Crippen LogP contribution in [0.15, 0.2) is 29.2 Å². The van der Waals surface area contributed by atoms with E-state index in [1.54, 1.807) is 0 Å². The number of hydrogen-bond acceptors (Lipinski definition) is 5. The minimum absolute atomic E-state index is 0.0398. The van der Waals surface area contributed by atoms with E-state index in [2.05, 4.69) is 16.0 Å². The molecule has 170 valence electrons. The van der Waals surface area contributed by atoms with Crippen molar-refractivity contribution in [3.05, 3.63) is 63.1 Å². The first kappa shape index (κ1) is 21.9. The van der Waals surface area contributed by atoms with Crippen molar-refractivity contribution >= 4 is 11.8 Å². The molecule has 10 heteroatoms. The van der Waals surface area contributed by atoms with Crippen LogP contribution in [0.3, 0.4) is 0 Å². The van der Waals surface area contributed by atoms with E-state index in [0.29, 0.717) is 12.6 Å². The second kappa shape index (κ2) is 9.07. The van der Waals surface area contributed by atoms with Crippen LogP contribution >= 0.6 is 0 Å². The Hall–Kier alpha value is -3.27. The van der Waals surface area contributed by atoms with E-state index in [9.17, 15) is 28.3 Å². The van der Waals surface area contributed by atoms with Crippen molar-refractivity contribution in [3.63, 3.8) is 0 Å². The molecule has 0 unspecified atom stereocenters. The molecule has 1 aliphatic heterocycles. The summed E-state index contributed by atoms with van der Waals surface area (Å²) < 4.78 is 28.2. The minimum atomic E-state index is -0.990. The molecule has 1 aromatic heterocycles. The summed E-state index contributed by atoms with van der Waals surface area (Å²) in [4.78, 5) is 38.2. The van der Waals surface area contributed by atoms with Crippen molar-refractivity contribution < 1.29 is 23.5 Å². The summed E-state index contributed by atoms with van der Waals surface area (Å²) in [6.45, 7) is 0.457. The van der Waals surface area contributed by atoms with Crippen molar-refractivity contribution in [2.24, 2.45) is 0 Å². The maximum Gasteiger partial charge on any atom is 0.272 e. The molecule has 32 heavy (non-hydrogen) atoms. The standard InChI is InChI=1S/C22H24F2N4O4/c23-13-6-5-12(15(24)9-13)10-26-21(31)14-11-28-8-7-25-16-3-1-2-4-17(16)27-22(32)18(28)20(30)19(14)29/h5-6,9,11,16-17,25,30H,1-4,7-8,10H2,(H,26,31)(H,27,32)/t16-,17-/m0/s1. The molecule has 4 rings (SSSR count). The summed E-state index contributed by atoms with van der Waals surface area (Å²) in [5, 5.41) is 19.2. The lowest BCUT2D eigenvalue weighted by molar-refractivity contribution is 0.0901. The Balaban J connectivity index is 1.60. The number of nitrogens with zero attached hydrogens (tertiary/aromatic N) is 1. The molecular weight excluding hydrogens is 422 g/mol. The van der Waals surface area contributed by atoms with Gasteiger partial charge in [-0.2, -0.15) is 0 Å². The van der Waals surface area contributed by atoms with Gasteiger partial charge in [-0.1, -0.05) is 18.9 Å². The number of carbonyl (C=O) groups is 2. The monoisotopic (exact) mass is 446 g/mol. The molecule has 2 amide bonds. The first-order valence-electron chi connectivity index (χ1n) is 10.6. The lowest BCUT2D eigenvalue weighted by atomic mass is 9.90. The van der Waals surface area contributed by atoms with E-state index in [-0.39, 0.29) is 42.0 Å². The van der Waals surface area contributed by atoms with Crippen LogP contribution in [-0.2, 0) is 13.1 Å². The lowest BCUT2D eigenvalue weighted by Gasteiger charge is -2.32. The SMILES string of the molecule is O=C(NCc1ccc(F)cc1F)c1cn2c(c(O)c1=O)C(=O)N[C@H]1CCCC[C@@H]1NCC2. The van der Waals surface area contributed by atoms with Gasteiger partial charge in [0.2, 0.25) is 5.43 Å². The van der Waals surface area contributed by atoms with E-state index < -0.39 is 34.6 Å². The Labute approximate surface area is 182 Å². The molecule has 2 aromatic rings. The van der Waals surface area contributed by atoms with Crippen molar-refractivity contribution in [1.82, 2.24) is 20.5 Å². The van der Waals surface area contributed by atoms with Gasteiger partial charge in [0.1, 0.15) is 17.2 Å². The summed E-state index contributed by atoms with van der Waals surface area (Å²) in [6, 6.07) is 2.94. The Morgan fingerprint density at radius 1 is 1.19 bits per heavy atom. The van der Waals surface area contributed by atoms with Crippen molar-refractivity contribution in [3.8, 4) is 5.75 Å². The number of aromatic hydroxyl groups is 1. The summed E-state index contributed by atoms with van der Waals surface area (Å²) in [7, 11) is 0. The first-order valence-corrected chi connectivity index (χ1v) is 10.6. The molecule has 2 heterocycles. The molecule has 0 radical (unpaired) electrons. The van der Waals surface area contributed by atoms with Crippen LogP contribution in [0.1, 0.15) is 52.1 Å². The quantitative estimate of drug-likeness (QED) is 0.570. The van der Waals surface area contributed by atoms with E-state index in [1.165, 1.54) is 16.8 Å². The molecule has 0 bridgehead atoms. The van der Waals surface area contributed by atoms with Crippen LogP contribution in [0.2, 0.25) is 0 Å². The molecule has 1 saturated carbocycles. The predicted molar refractivity (Wildman–Crippen MR) is 111 cm³/mol. The zero-order valence-corrected chi connectivity index (χ0v) is 17.3. The Morgan fingerprint density at radius 2 is 1.94 bits per heavy atom. The van der Waals surface area contributed by atoms with Crippen molar-refractivity contribution in [2.45, 2.75) is 50.9 Å². The fraction of sp³-hybridized carbons (Fsp3) is 0.409. The third-order valence-corrected chi connectivity index (χ3v) is 6.01. The fourth-order valence-corrected chi connectivity index (χ4v) is 4.32. The zero-order valence-electron chi connectivity index (χ0n) is 17.3. The summed E-state index contributed by atoms with van der Waals surface area (Å²) in [6.07, 6.45) is 4.98. The maximum absolute atomic E-state index is 13.8. The number of benzene rings is 1. The Kier molecular flexibility index (Phi) is 6.22. The lowest BCUT2D eigenvalue weighted by Crippen LogP contribution is -2.51. The number of fused-ring (bicyclic) bond motifs is 2. The van der Waals surface area contributed by atoms with Gasteiger partial charge in [-0.3, -0.25) is 14.4 Å². The highest BCUT2D eigenvalue weighted by Crippen LogP contribution is 2.22. The molecule has 1 aliphatic carbocycles. The van der Waals surface area contributed by atoms with E-state index >= 15 is 0 Å². The number of carbonyl (C=O) groups excluding carboxylic acids is 2. The van der Waals surface area contributed by atoms with Crippen LogP contribution in [0.5, 0.6) is 5.75 Å². The van der Waals surface area contributed by atoms with E-state index in [0.717, 1.165) is 31.7 Å². The number of pyridine rings is 1. The largest absolute Gasteiger partial charge is 0.503 e. The molecule has 2 atom stereocenters. The van der Waals surface area contributed by atoms with Gasteiger partial charge in [0, 0.05) is 49.5 Å². The average molecular weight is 446 g/mol. The summed E-state index contributed by atoms with van der Waals surface area (Å²) in [5.74, 6) is -3.79. The minimum Gasteiger partial charge on any atom is -0.503 e. The second-order valence-electron chi connectivity index (χ2n) is 8.11. The number of rotatable bonds is 3. The van der Waals surface area contributed by atoms with E-state index in [1.807, 2.05) is 0 Å². The molecule has 0 saturated heterocycles. The van der Waals surface area contributed by atoms with Gasteiger partial charge in [-0.25, -0.2) is 8.78 Å². The number of nitrogens with one attached hydrogen (secondary N) is 3. The van der Waals surface area contributed by atoms with Gasteiger partial charge in [0.25, 0.3) is 11.8 Å². The number of aromatic nitrogens is 1. The van der Waals surface area contributed by atoms with Gasteiger partial charge in [-0.05, 0) is 18.9 Å². The molecule has 1 aromatic carbocycles. The summed E-state index contributed by atoms with van der Waals surface area (Å²) in [5.41, 5.74) is -1.52. The third kappa shape index (κ3) is 4.36. The highest BCUT2D eigenvalue weighted by molar-refractivity contribution is 5.98. The molecule has 1 fully saturated rings. The van der Waals surface area contributed by atoms with Crippen LogP contribution in [0, 0.1) is 11.6 Å². The summed E-state index contributed by atoms with van der Waals surface area (Å²) >= 11 is 0. The smallest absolute Gasteiger partial charge is 0.272 e. The van der Waals surface area contributed by atoms with Crippen LogP contribution in [0.4, 0.5) is 8.78 Å². The molecule has 4 N–H and O–H groups in total. The van der Waals surface area contributed by atoms with Gasteiger partial charge in [0.15, 0.2) is 11.4 Å². The number of halogens is 2. The van der Waals surface area contributed by atoms with Crippen molar-refractivity contribution in [2.75, 3.05) is 6.54 Å². The van der Waals surface area contributed by atoms with Crippen LogP contribution in [0.25, 0.3) is 0 Å². The van der Waals surface area contributed by atoms with Gasteiger partial charge in [0.05, 0.1) is 0 Å². The molecule has 8 nitrogen and oxygen atoms in total. The molecule has 2 aliphatic rings. The fourth-order valence-electron chi connectivity index (χ4n) is 4.32.